The second kappa shape index (κ2) is 6.54. The molecule has 1 atom stereocenters. The third-order valence-corrected chi connectivity index (χ3v) is 4.40. The van der Waals surface area contributed by atoms with Crippen LogP contribution in [0.3, 0.4) is 0 Å². The summed E-state index contributed by atoms with van der Waals surface area (Å²) in [5.41, 5.74) is 7.19. The van der Waals surface area contributed by atoms with Crippen molar-refractivity contribution in [2.24, 2.45) is 5.92 Å². The first kappa shape index (κ1) is 15.6. The lowest BCUT2D eigenvalue weighted by Gasteiger charge is -2.33. The Morgan fingerprint density at radius 3 is 2.96 bits per heavy atom. The summed E-state index contributed by atoms with van der Waals surface area (Å²) < 4.78 is 18.8. The number of benzene rings is 1. The molecule has 1 aliphatic rings. The number of hydrogen-bond donors (Lipinski definition) is 2. The number of halogens is 1. The number of aromatic nitrogens is 4. The van der Waals surface area contributed by atoms with Gasteiger partial charge >= 0.3 is 0 Å². The number of aromatic amines is 1. The van der Waals surface area contributed by atoms with Crippen molar-refractivity contribution < 1.29 is 9.13 Å². The summed E-state index contributed by atoms with van der Waals surface area (Å²) in [6.45, 7) is 2.29. The lowest BCUT2D eigenvalue weighted by molar-refractivity contribution is 0.228. The standard InChI is InChI=1S/C17H19FN6O/c18-12-3-5-13(6-4-12)25-9-11-2-1-7-24(8-11)16-14-15(21-10-20-14)22-17(19)23-16/h3-6,10-11H,1-2,7-9H2,(H3,19,20,21,22,23)/t11-/m0/s1. The number of rotatable bonds is 4. The first-order valence-corrected chi connectivity index (χ1v) is 8.29. The van der Waals surface area contributed by atoms with E-state index in [1.54, 1.807) is 18.5 Å². The average Bonchev–Trinajstić information content (AvgIpc) is 3.09. The minimum atomic E-state index is -0.263. The molecule has 3 aromatic rings. The van der Waals surface area contributed by atoms with Gasteiger partial charge in [-0.05, 0) is 37.1 Å². The van der Waals surface area contributed by atoms with E-state index in [1.807, 2.05) is 0 Å². The zero-order valence-corrected chi connectivity index (χ0v) is 13.7. The van der Waals surface area contributed by atoms with Crippen molar-refractivity contribution in [1.29, 1.82) is 0 Å². The number of piperidine rings is 1. The van der Waals surface area contributed by atoms with Gasteiger partial charge in [-0.3, -0.25) is 0 Å². The lowest BCUT2D eigenvalue weighted by Crippen LogP contribution is -2.38. The molecule has 1 fully saturated rings. The van der Waals surface area contributed by atoms with Crippen LogP contribution in [0.1, 0.15) is 12.8 Å². The average molecular weight is 342 g/mol. The van der Waals surface area contributed by atoms with Gasteiger partial charge < -0.3 is 20.4 Å². The summed E-state index contributed by atoms with van der Waals surface area (Å²) in [5.74, 6) is 1.78. The molecule has 3 heterocycles. The van der Waals surface area contributed by atoms with Crippen molar-refractivity contribution in [3.8, 4) is 5.75 Å². The number of H-pyrrole nitrogens is 1. The fourth-order valence-electron chi connectivity index (χ4n) is 3.20. The SMILES string of the molecule is Nc1nc(N2CCC[C@H](COc3ccc(F)cc3)C2)c2[nH]cnc2n1. The molecule has 0 bridgehead atoms. The van der Waals surface area contributed by atoms with Gasteiger partial charge in [0.1, 0.15) is 17.1 Å². The molecule has 0 spiro atoms. The molecule has 0 unspecified atom stereocenters. The Morgan fingerprint density at radius 1 is 1.28 bits per heavy atom. The van der Waals surface area contributed by atoms with Crippen LogP contribution in [0.2, 0.25) is 0 Å². The molecule has 8 heteroatoms. The van der Waals surface area contributed by atoms with E-state index in [0.717, 1.165) is 37.3 Å². The summed E-state index contributed by atoms with van der Waals surface area (Å²) in [7, 11) is 0. The molecule has 25 heavy (non-hydrogen) atoms. The largest absolute Gasteiger partial charge is 0.493 e. The van der Waals surface area contributed by atoms with Crippen molar-refractivity contribution in [2.45, 2.75) is 12.8 Å². The molecule has 1 aliphatic heterocycles. The van der Waals surface area contributed by atoms with E-state index < -0.39 is 0 Å². The molecule has 3 N–H and O–H groups in total. The number of nitrogens with two attached hydrogens (primary N) is 1. The third-order valence-electron chi connectivity index (χ3n) is 4.40. The fourth-order valence-corrected chi connectivity index (χ4v) is 3.20. The van der Waals surface area contributed by atoms with Gasteiger partial charge in [0.05, 0.1) is 12.9 Å². The molecule has 130 valence electrons. The zero-order valence-electron chi connectivity index (χ0n) is 13.7. The molecular weight excluding hydrogens is 323 g/mol. The van der Waals surface area contributed by atoms with Crippen LogP contribution >= 0.6 is 0 Å². The molecule has 4 rings (SSSR count). The predicted molar refractivity (Wildman–Crippen MR) is 92.9 cm³/mol. The molecule has 0 aliphatic carbocycles. The number of fused-ring (bicyclic) bond motifs is 1. The maximum atomic E-state index is 13.0. The fraction of sp³-hybridized carbons (Fsp3) is 0.353. The minimum absolute atomic E-state index is 0.222. The highest BCUT2D eigenvalue weighted by molar-refractivity contribution is 5.84. The molecule has 1 saturated heterocycles. The van der Waals surface area contributed by atoms with Crippen LogP contribution in [0.15, 0.2) is 30.6 Å². The van der Waals surface area contributed by atoms with Gasteiger partial charge in [0, 0.05) is 19.0 Å². The van der Waals surface area contributed by atoms with Crippen LogP contribution < -0.4 is 15.4 Å². The van der Waals surface area contributed by atoms with Gasteiger partial charge in [0.25, 0.3) is 0 Å². The Balaban J connectivity index is 1.47. The van der Waals surface area contributed by atoms with Crippen molar-refractivity contribution in [3.05, 3.63) is 36.4 Å². The maximum absolute atomic E-state index is 13.0. The van der Waals surface area contributed by atoms with Crippen LogP contribution in [-0.4, -0.2) is 39.6 Å². The van der Waals surface area contributed by atoms with Crippen LogP contribution in [0.4, 0.5) is 16.2 Å². The Kier molecular flexibility index (Phi) is 4.09. The minimum Gasteiger partial charge on any atom is -0.493 e. The Morgan fingerprint density at radius 2 is 2.12 bits per heavy atom. The highest BCUT2D eigenvalue weighted by Crippen LogP contribution is 2.27. The number of hydrogen-bond acceptors (Lipinski definition) is 6. The van der Waals surface area contributed by atoms with Gasteiger partial charge in [-0.2, -0.15) is 9.97 Å². The molecular formula is C17H19FN6O. The Bertz CT molecular complexity index is 865. The molecule has 2 aromatic heterocycles. The van der Waals surface area contributed by atoms with E-state index >= 15 is 0 Å². The van der Waals surface area contributed by atoms with E-state index in [9.17, 15) is 4.39 Å². The van der Waals surface area contributed by atoms with E-state index in [-0.39, 0.29) is 11.8 Å². The molecule has 0 saturated carbocycles. The zero-order chi connectivity index (χ0) is 17.2. The van der Waals surface area contributed by atoms with Gasteiger partial charge in [0.15, 0.2) is 11.5 Å². The summed E-state index contributed by atoms with van der Waals surface area (Å²) >= 11 is 0. The molecule has 1 aromatic carbocycles. The lowest BCUT2D eigenvalue weighted by atomic mass is 9.99. The van der Waals surface area contributed by atoms with E-state index in [0.29, 0.717) is 23.9 Å². The molecule has 0 amide bonds. The Labute approximate surface area is 144 Å². The second-order valence-electron chi connectivity index (χ2n) is 6.23. The van der Waals surface area contributed by atoms with Crippen LogP contribution in [-0.2, 0) is 0 Å². The van der Waals surface area contributed by atoms with Crippen LogP contribution in [0, 0.1) is 11.7 Å². The van der Waals surface area contributed by atoms with E-state index in [2.05, 4.69) is 24.8 Å². The summed E-state index contributed by atoms with van der Waals surface area (Å²) in [5, 5.41) is 0. The molecule has 0 radical (unpaired) electrons. The Hall–Kier alpha value is -2.90. The molecule has 7 nitrogen and oxygen atoms in total. The highest BCUT2D eigenvalue weighted by atomic mass is 19.1. The first-order valence-electron chi connectivity index (χ1n) is 8.29. The highest BCUT2D eigenvalue weighted by Gasteiger charge is 2.24. The topological polar surface area (TPSA) is 92.9 Å². The third kappa shape index (κ3) is 3.33. The van der Waals surface area contributed by atoms with Gasteiger partial charge in [-0.25, -0.2) is 9.37 Å². The summed E-state index contributed by atoms with van der Waals surface area (Å²) in [4.78, 5) is 18.0. The maximum Gasteiger partial charge on any atom is 0.224 e. The predicted octanol–water partition coefficient (Wildman–Crippen LogP) is 2.37. The normalized spacial score (nSPS) is 17.8. The van der Waals surface area contributed by atoms with Crippen molar-refractivity contribution >= 4 is 22.9 Å². The number of nitrogen functional groups attached to an aromatic ring is 1. The van der Waals surface area contributed by atoms with E-state index in [4.69, 9.17) is 10.5 Å². The van der Waals surface area contributed by atoms with Crippen LogP contribution in [0.5, 0.6) is 5.75 Å². The number of imidazole rings is 1. The number of nitrogens with zero attached hydrogens (tertiary/aromatic N) is 4. The van der Waals surface area contributed by atoms with Gasteiger partial charge in [-0.15, -0.1) is 0 Å². The second-order valence-corrected chi connectivity index (χ2v) is 6.23. The summed E-state index contributed by atoms with van der Waals surface area (Å²) in [6, 6.07) is 6.10. The van der Waals surface area contributed by atoms with Crippen LogP contribution in [0.25, 0.3) is 11.2 Å². The summed E-state index contributed by atoms with van der Waals surface area (Å²) in [6.07, 6.45) is 3.71. The van der Waals surface area contributed by atoms with Crippen molar-refractivity contribution in [2.75, 3.05) is 30.3 Å². The van der Waals surface area contributed by atoms with E-state index in [1.165, 1.54) is 12.1 Å². The monoisotopic (exact) mass is 342 g/mol. The number of ether oxygens (including phenoxy) is 1. The first-order chi connectivity index (χ1) is 12.2. The van der Waals surface area contributed by atoms with Gasteiger partial charge in [0.2, 0.25) is 5.95 Å². The quantitative estimate of drug-likeness (QED) is 0.756. The van der Waals surface area contributed by atoms with Crippen molar-refractivity contribution in [3.63, 3.8) is 0 Å². The van der Waals surface area contributed by atoms with Gasteiger partial charge in [-0.1, -0.05) is 0 Å². The smallest absolute Gasteiger partial charge is 0.224 e. The van der Waals surface area contributed by atoms with Crippen molar-refractivity contribution in [1.82, 2.24) is 19.9 Å². The number of anilines is 2. The number of nitrogens with one attached hydrogen (secondary N) is 1.